The number of methoxy groups -OCH3 is 1. The number of ether oxygens (including phenoxy) is 1. The van der Waals surface area contributed by atoms with Crippen LogP contribution in [0.3, 0.4) is 0 Å². The lowest BCUT2D eigenvalue weighted by molar-refractivity contribution is -0.145. The predicted octanol–water partition coefficient (Wildman–Crippen LogP) is 0.0610. The van der Waals surface area contributed by atoms with Crippen molar-refractivity contribution in [3.8, 4) is 0 Å². The van der Waals surface area contributed by atoms with E-state index in [1.54, 1.807) is 19.1 Å². The van der Waals surface area contributed by atoms with Gasteiger partial charge in [-0.3, -0.25) is 15.0 Å². The Morgan fingerprint density at radius 1 is 1.03 bits per heavy atom. The first-order valence-corrected chi connectivity index (χ1v) is 13.5. The van der Waals surface area contributed by atoms with E-state index in [0.717, 1.165) is 12.7 Å². The number of guanidine groups is 1. The molecule has 2 atom stereocenters. The lowest BCUT2D eigenvalue weighted by Crippen LogP contribution is -2.54. The maximum atomic E-state index is 13.4. The lowest BCUT2D eigenvalue weighted by Gasteiger charge is -2.22. The normalized spacial score (nSPS) is 12.6. The van der Waals surface area contributed by atoms with Crippen LogP contribution in [-0.4, -0.2) is 64.4 Å². The van der Waals surface area contributed by atoms with Crippen LogP contribution in [0.4, 0.5) is 4.39 Å². The van der Waals surface area contributed by atoms with Crippen molar-refractivity contribution in [2.45, 2.75) is 43.2 Å². The van der Waals surface area contributed by atoms with Gasteiger partial charge in [-0.25, -0.2) is 22.3 Å². The summed E-state index contributed by atoms with van der Waals surface area (Å²) in [6.07, 6.45) is 0.435. The largest absolute Gasteiger partial charge is 0.467 e. The van der Waals surface area contributed by atoms with E-state index in [1.165, 1.54) is 36.4 Å². The van der Waals surface area contributed by atoms with Gasteiger partial charge in [0.25, 0.3) is 0 Å². The van der Waals surface area contributed by atoms with Crippen molar-refractivity contribution < 1.29 is 31.9 Å². The van der Waals surface area contributed by atoms with E-state index >= 15 is 0 Å². The van der Waals surface area contributed by atoms with Gasteiger partial charge < -0.3 is 26.4 Å². The first-order chi connectivity index (χ1) is 18.4. The number of benzene rings is 2. The summed E-state index contributed by atoms with van der Waals surface area (Å²) < 4.78 is 45.4. The third kappa shape index (κ3) is 10.7. The Morgan fingerprint density at radius 3 is 2.26 bits per heavy atom. The topological polar surface area (TPSA) is 193 Å². The zero-order valence-corrected chi connectivity index (χ0v) is 22.4. The maximum Gasteiger partial charge on any atom is 0.328 e. The summed E-state index contributed by atoms with van der Waals surface area (Å²) in [7, 11) is -2.83. The SMILES string of the molecule is COC(=O)C(CCCNC(=N)N)NC(=O)C(Cc1ccc(F)cc1)NC(=O)CNS(=O)(=O)c1ccc(C)cc1. The molecule has 39 heavy (non-hydrogen) atoms. The second-order valence-electron chi connectivity index (χ2n) is 8.66. The minimum atomic E-state index is -3.99. The molecule has 2 aromatic carbocycles. The molecule has 7 N–H and O–H groups in total. The van der Waals surface area contributed by atoms with Crippen molar-refractivity contribution in [2.24, 2.45) is 5.73 Å². The predicted molar refractivity (Wildman–Crippen MR) is 141 cm³/mol. The molecule has 0 aliphatic heterocycles. The zero-order chi connectivity index (χ0) is 29.0. The fourth-order valence-electron chi connectivity index (χ4n) is 3.46. The second kappa shape index (κ2) is 14.8. The van der Waals surface area contributed by atoms with Crippen molar-refractivity contribution in [1.29, 1.82) is 5.41 Å². The van der Waals surface area contributed by atoms with Gasteiger partial charge in [0.2, 0.25) is 21.8 Å². The molecular weight excluding hydrogens is 531 g/mol. The number of carbonyl (C=O) groups is 3. The molecule has 0 fully saturated rings. The standard InChI is InChI=1S/C25H33FN6O6S/c1-16-5-11-19(12-6-16)39(36,37)30-15-22(33)31-21(14-17-7-9-18(26)10-8-17)23(34)32-20(24(35)38-2)4-3-13-29-25(27)28/h5-12,20-21,30H,3-4,13-15H2,1-2H3,(H,31,33)(H,32,34)(H4,27,28,29). The molecule has 2 rings (SSSR count). The van der Waals surface area contributed by atoms with Crippen molar-refractivity contribution in [1.82, 2.24) is 20.7 Å². The molecule has 0 spiro atoms. The summed E-state index contributed by atoms with van der Waals surface area (Å²) in [6.45, 7) is 1.42. The van der Waals surface area contributed by atoms with E-state index in [0.29, 0.717) is 12.0 Å². The molecule has 0 saturated carbocycles. The Hall–Kier alpha value is -4.04. The number of amides is 2. The molecule has 0 saturated heterocycles. The first-order valence-electron chi connectivity index (χ1n) is 12.0. The first kappa shape index (κ1) is 31.2. The third-order valence-corrected chi connectivity index (χ3v) is 6.96. The van der Waals surface area contributed by atoms with Crippen molar-refractivity contribution in [3.63, 3.8) is 0 Å². The van der Waals surface area contributed by atoms with Gasteiger partial charge in [0, 0.05) is 13.0 Å². The Labute approximate surface area is 226 Å². The van der Waals surface area contributed by atoms with Crippen molar-refractivity contribution >= 4 is 33.8 Å². The van der Waals surface area contributed by atoms with Crippen LogP contribution < -0.4 is 26.4 Å². The van der Waals surface area contributed by atoms with E-state index in [2.05, 4.69) is 20.7 Å². The molecule has 2 amide bonds. The summed E-state index contributed by atoms with van der Waals surface area (Å²) in [5.41, 5.74) is 6.61. The van der Waals surface area contributed by atoms with Gasteiger partial charge >= 0.3 is 5.97 Å². The van der Waals surface area contributed by atoms with E-state index in [1.807, 2.05) is 0 Å². The number of carbonyl (C=O) groups excluding carboxylic acids is 3. The van der Waals surface area contributed by atoms with E-state index < -0.39 is 52.3 Å². The number of rotatable bonds is 14. The fraction of sp³-hybridized carbons (Fsp3) is 0.360. The van der Waals surface area contributed by atoms with Gasteiger partial charge in [-0.1, -0.05) is 29.8 Å². The summed E-state index contributed by atoms with van der Waals surface area (Å²) in [5, 5.41) is 14.8. The smallest absolute Gasteiger partial charge is 0.328 e. The highest BCUT2D eigenvalue weighted by Crippen LogP contribution is 2.10. The molecule has 12 nitrogen and oxygen atoms in total. The van der Waals surface area contributed by atoms with Crippen LogP contribution in [0.5, 0.6) is 0 Å². The molecule has 0 radical (unpaired) electrons. The fourth-order valence-corrected chi connectivity index (χ4v) is 4.45. The summed E-state index contributed by atoms with van der Waals surface area (Å²) in [4.78, 5) is 38.1. The van der Waals surface area contributed by atoms with Gasteiger partial charge in [-0.2, -0.15) is 0 Å². The van der Waals surface area contributed by atoms with Gasteiger partial charge in [-0.15, -0.1) is 0 Å². The van der Waals surface area contributed by atoms with Crippen LogP contribution >= 0.6 is 0 Å². The number of hydrogen-bond donors (Lipinski definition) is 6. The lowest BCUT2D eigenvalue weighted by atomic mass is 10.0. The molecule has 0 heterocycles. The highest BCUT2D eigenvalue weighted by atomic mass is 32.2. The maximum absolute atomic E-state index is 13.4. The molecule has 2 unspecified atom stereocenters. The molecule has 0 aliphatic rings. The van der Waals surface area contributed by atoms with Crippen molar-refractivity contribution in [3.05, 3.63) is 65.5 Å². The number of halogens is 1. The Bertz CT molecular complexity index is 1250. The summed E-state index contributed by atoms with van der Waals surface area (Å²) >= 11 is 0. The number of esters is 1. The highest BCUT2D eigenvalue weighted by Gasteiger charge is 2.28. The quantitative estimate of drug-likeness (QED) is 0.0803. The Balaban J connectivity index is 2.12. The number of nitrogens with one attached hydrogen (secondary N) is 5. The number of hydrogen-bond acceptors (Lipinski definition) is 7. The van der Waals surface area contributed by atoms with Gasteiger partial charge in [-0.05, 0) is 49.6 Å². The average Bonchev–Trinajstić information content (AvgIpc) is 2.89. The minimum absolute atomic E-state index is 0.0262. The number of aryl methyl sites for hydroxylation is 1. The van der Waals surface area contributed by atoms with Crippen LogP contribution in [0.15, 0.2) is 53.4 Å². The van der Waals surface area contributed by atoms with E-state index in [4.69, 9.17) is 15.9 Å². The van der Waals surface area contributed by atoms with Crippen LogP contribution in [0.1, 0.15) is 24.0 Å². The van der Waals surface area contributed by atoms with E-state index in [9.17, 15) is 27.2 Å². The number of sulfonamides is 1. The molecule has 2 aromatic rings. The molecular formula is C25H33FN6O6S. The minimum Gasteiger partial charge on any atom is -0.467 e. The van der Waals surface area contributed by atoms with Crippen LogP contribution in [0.25, 0.3) is 0 Å². The van der Waals surface area contributed by atoms with Crippen molar-refractivity contribution in [2.75, 3.05) is 20.2 Å². The molecule has 0 bridgehead atoms. The van der Waals surface area contributed by atoms with Crippen LogP contribution in [0.2, 0.25) is 0 Å². The Kier molecular flexibility index (Phi) is 11.8. The molecule has 212 valence electrons. The Morgan fingerprint density at radius 2 is 1.67 bits per heavy atom. The number of nitrogens with two attached hydrogens (primary N) is 1. The second-order valence-corrected chi connectivity index (χ2v) is 10.4. The monoisotopic (exact) mass is 564 g/mol. The van der Waals surface area contributed by atoms with Crippen LogP contribution in [0, 0.1) is 18.2 Å². The van der Waals surface area contributed by atoms with Gasteiger partial charge in [0.15, 0.2) is 5.96 Å². The summed E-state index contributed by atoms with van der Waals surface area (Å²) in [6, 6.07) is 9.01. The molecule has 0 aromatic heterocycles. The van der Waals surface area contributed by atoms with Gasteiger partial charge in [0.05, 0.1) is 18.6 Å². The molecule has 0 aliphatic carbocycles. The van der Waals surface area contributed by atoms with E-state index in [-0.39, 0.29) is 30.2 Å². The molecule has 14 heteroatoms. The zero-order valence-electron chi connectivity index (χ0n) is 21.6. The van der Waals surface area contributed by atoms with Crippen LogP contribution in [-0.2, 0) is 35.6 Å². The van der Waals surface area contributed by atoms with Gasteiger partial charge in [0.1, 0.15) is 17.9 Å². The third-order valence-electron chi connectivity index (χ3n) is 5.55. The summed E-state index contributed by atoms with van der Waals surface area (Å²) in [5.74, 6) is -2.98. The average molecular weight is 565 g/mol. The highest BCUT2D eigenvalue weighted by molar-refractivity contribution is 7.89.